The van der Waals surface area contributed by atoms with Crippen LogP contribution in [0.25, 0.3) is 11.4 Å². The minimum Gasteiger partial charge on any atom is -0.452 e. The monoisotopic (exact) mass is 314 g/mol. The number of esters is 1. The molecule has 1 heterocycles. The number of benzene rings is 2. The van der Waals surface area contributed by atoms with Gasteiger partial charge in [-0.1, -0.05) is 59.2 Å². The third kappa shape index (κ3) is 3.15. The lowest BCUT2D eigenvalue weighted by atomic mass is 10.2. The highest BCUT2D eigenvalue weighted by molar-refractivity contribution is 6.33. The molecule has 0 spiro atoms. The Morgan fingerprint density at radius 3 is 2.59 bits per heavy atom. The maximum atomic E-state index is 11.9. The van der Waals surface area contributed by atoms with Crippen molar-refractivity contribution < 1.29 is 14.1 Å². The molecule has 0 unspecified atom stereocenters. The van der Waals surface area contributed by atoms with Crippen LogP contribution in [0.3, 0.4) is 0 Å². The average Bonchev–Trinajstić information content (AvgIpc) is 3.03. The zero-order valence-corrected chi connectivity index (χ0v) is 12.2. The summed E-state index contributed by atoms with van der Waals surface area (Å²) < 4.78 is 10.2. The van der Waals surface area contributed by atoms with Gasteiger partial charge < -0.3 is 9.26 Å². The molecule has 0 bridgehead atoms. The van der Waals surface area contributed by atoms with Crippen LogP contribution in [-0.2, 0) is 11.3 Å². The van der Waals surface area contributed by atoms with Crippen molar-refractivity contribution in [1.29, 1.82) is 0 Å². The van der Waals surface area contributed by atoms with Crippen LogP contribution >= 0.6 is 11.6 Å². The first-order valence-electron chi connectivity index (χ1n) is 6.54. The Labute approximate surface area is 131 Å². The summed E-state index contributed by atoms with van der Waals surface area (Å²) in [4.78, 5) is 16.1. The molecule has 0 fully saturated rings. The van der Waals surface area contributed by atoms with E-state index < -0.39 is 5.97 Å². The molecule has 0 atom stereocenters. The highest BCUT2D eigenvalue weighted by Crippen LogP contribution is 2.18. The van der Waals surface area contributed by atoms with Gasteiger partial charge in [-0.25, -0.2) is 4.79 Å². The average molecular weight is 315 g/mol. The van der Waals surface area contributed by atoms with Gasteiger partial charge in [-0.2, -0.15) is 4.98 Å². The quantitative estimate of drug-likeness (QED) is 0.686. The number of hydrogen-bond acceptors (Lipinski definition) is 5. The number of hydrogen-bond donors (Lipinski definition) is 0. The predicted octanol–water partition coefficient (Wildman–Crippen LogP) is 3.75. The van der Waals surface area contributed by atoms with Gasteiger partial charge in [0.2, 0.25) is 5.82 Å². The van der Waals surface area contributed by atoms with Crippen LogP contribution in [0.5, 0.6) is 0 Å². The van der Waals surface area contributed by atoms with E-state index in [4.69, 9.17) is 20.9 Å². The zero-order chi connectivity index (χ0) is 15.4. The van der Waals surface area contributed by atoms with Gasteiger partial charge in [0.05, 0.1) is 10.6 Å². The van der Waals surface area contributed by atoms with Gasteiger partial charge in [-0.05, 0) is 12.1 Å². The molecule has 1 aromatic heterocycles. The molecule has 0 amide bonds. The molecular weight excluding hydrogens is 304 g/mol. The summed E-state index contributed by atoms with van der Waals surface area (Å²) in [5, 5.41) is 4.19. The second kappa shape index (κ2) is 6.41. The van der Waals surface area contributed by atoms with Crippen molar-refractivity contribution in [2.75, 3.05) is 0 Å². The van der Waals surface area contributed by atoms with Gasteiger partial charge in [-0.15, -0.1) is 0 Å². The van der Waals surface area contributed by atoms with Crippen molar-refractivity contribution in [2.45, 2.75) is 6.61 Å². The van der Waals surface area contributed by atoms with E-state index in [1.54, 1.807) is 24.3 Å². The normalized spacial score (nSPS) is 10.4. The van der Waals surface area contributed by atoms with Crippen LogP contribution < -0.4 is 0 Å². The van der Waals surface area contributed by atoms with Gasteiger partial charge in [-0.3, -0.25) is 0 Å². The van der Waals surface area contributed by atoms with Crippen LogP contribution in [0, 0.1) is 0 Å². The summed E-state index contributed by atoms with van der Waals surface area (Å²) in [7, 11) is 0. The first-order valence-corrected chi connectivity index (χ1v) is 6.91. The number of aromatic nitrogens is 2. The number of carbonyl (C=O) groups excluding carboxylic acids is 1. The van der Waals surface area contributed by atoms with Gasteiger partial charge in [0.1, 0.15) is 0 Å². The number of ether oxygens (including phenoxy) is 1. The molecule has 2 aromatic carbocycles. The standard InChI is InChI=1S/C16H11ClN2O3/c17-13-9-5-4-8-12(13)16(20)21-10-14-18-15(19-22-14)11-6-2-1-3-7-11/h1-9H,10H2. The molecule has 0 radical (unpaired) electrons. The molecule has 110 valence electrons. The number of carbonyl (C=O) groups is 1. The third-order valence-corrected chi connectivity index (χ3v) is 3.25. The van der Waals surface area contributed by atoms with Gasteiger partial charge in [0.25, 0.3) is 5.89 Å². The van der Waals surface area contributed by atoms with Crippen molar-refractivity contribution in [2.24, 2.45) is 0 Å². The van der Waals surface area contributed by atoms with E-state index in [0.29, 0.717) is 16.4 Å². The van der Waals surface area contributed by atoms with Crippen LogP contribution in [0.4, 0.5) is 0 Å². The summed E-state index contributed by atoms with van der Waals surface area (Å²) in [5.74, 6) is 0.133. The molecular formula is C16H11ClN2O3. The van der Waals surface area contributed by atoms with E-state index in [1.165, 1.54) is 0 Å². The van der Waals surface area contributed by atoms with Crippen molar-refractivity contribution in [1.82, 2.24) is 10.1 Å². The first kappa shape index (κ1) is 14.3. The maximum absolute atomic E-state index is 11.9. The fourth-order valence-corrected chi connectivity index (χ4v) is 2.06. The Bertz CT molecular complexity index is 787. The van der Waals surface area contributed by atoms with E-state index in [1.807, 2.05) is 30.3 Å². The number of rotatable bonds is 4. The van der Waals surface area contributed by atoms with Crippen molar-refractivity contribution in [3.05, 3.63) is 71.1 Å². The van der Waals surface area contributed by atoms with E-state index in [0.717, 1.165) is 5.56 Å². The largest absolute Gasteiger partial charge is 0.452 e. The van der Waals surface area contributed by atoms with Crippen LogP contribution in [-0.4, -0.2) is 16.1 Å². The summed E-state index contributed by atoms with van der Waals surface area (Å²) in [5.41, 5.74) is 1.13. The first-order chi connectivity index (χ1) is 10.7. The Balaban J connectivity index is 1.67. The molecule has 0 N–H and O–H groups in total. The Morgan fingerprint density at radius 1 is 1.09 bits per heavy atom. The fourth-order valence-electron chi connectivity index (χ4n) is 1.85. The molecule has 3 rings (SSSR count). The van der Waals surface area contributed by atoms with Crippen LogP contribution in [0.15, 0.2) is 59.1 Å². The third-order valence-electron chi connectivity index (χ3n) is 2.92. The number of halogens is 1. The lowest BCUT2D eigenvalue weighted by molar-refractivity contribution is 0.0430. The molecule has 0 aliphatic heterocycles. The summed E-state index contributed by atoms with van der Waals surface area (Å²) in [6.07, 6.45) is 0. The van der Waals surface area contributed by atoms with Crippen LogP contribution in [0.1, 0.15) is 16.2 Å². The molecule has 0 saturated heterocycles. The summed E-state index contributed by atoms with van der Waals surface area (Å²) in [6.45, 7) is -0.107. The molecule has 6 heteroatoms. The van der Waals surface area contributed by atoms with Gasteiger partial charge in [0.15, 0.2) is 6.61 Å². The summed E-state index contributed by atoms with van der Waals surface area (Å²) in [6, 6.07) is 16.1. The van der Waals surface area contributed by atoms with E-state index in [-0.39, 0.29) is 12.5 Å². The van der Waals surface area contributed by atoms with Crippen molar-refractivity contribution in [3.63, 3.8) is 0 Å². The molecule has 5 nitrogen and oxygen atoms in total. The topological polar surface area (TPSA) is 65.2 Å². The van der Waals surface area contributed by atoms with Gasteiger partial charge >= 0.3 is 5.97 Å². The lowest BCUT2D eigenvalue weighted by Gasteiger charge is -2.03. The lowest BCUT2D eigenvalue weighted by Crippen LogP contribution is -2.06. The molecule has 0 aliphatic carbocycles. The van der Waals surface area contributed by atoms with E-state index in [9.17, 15) is 4.79 Å². The Morgan fingerprint density at radius 2 is 1.82 bits per heavy atom. The molecule has 0 saturated carbocycles. The molecule has 22 heavy (non-hydrogen) atoms. The molecule has 3 aromatic rings. The van der Waals surface area contributed by atoms with E-state index in [2.05, 4.69) is 10.1 Å². The second-order valence-corrected chi connectivity index (χ2v) is 4.84. The summed E-state index contributed by atoms with van der Waals surface area (Å²) >= 11 is 5.93. The zero-order valence-electron chi connectivity index (χ0n) is 11.4. The second-order valence-electron chi connectivity index (χ2n) is 4.43. The minimum atomic E-state index is -0.537. The SMILES string of the molecule is O=C(OCc1nc(-c2ccccc2)no1)c1ccccc1Cl. The van der Waals surface area contributed by atoms with Gasteiger partial charge in [0, 0.05) is 5.56 Å². The Kier molecular flexibility index (Phi) is 4.16. The fraction of sp³-hybridized carbons (Fsp3) is 0.0625. The minimum absolute atomic E-state index is 0.107. The van der Waals surface area contributed by atoms with Crippen molar-refractivity contribution >= 4 is 17.6 Å². The van der Waals surface area contributed by atoms with E-state index >= 15 is 0 Å². The Hall–Kier alpha value is -2.66. The highest BCUT2D eigenvalue weighted by Gasteiger charge is 2.14. The van der Waals surface area contributed by atoms with Crippen molar-refractivity contribution in [3.8, 4) is 11.4 Å². The smallest absolute Gasteiger partial charge is 0.340 e. The predicted molar refractivity (Wildman–Crippen MR) is 80.3 cm³/mol. The maximum Gasteiger partial charge on any atom is 0.340 e. The highest BCUT2D eigenvalue weighted by atomic mass is 35.5. The number of nitrogens with zero attached hydrogens (tertiary/aromatic N) is 2. The molecule has 0 aliphatic rings. The van der Waals surface area contributed by atoms with Crippen LogP contribution in [0.2, 0.25) is 5.02 Å².